The third-order valence-electron chi connectivity index (χ3n) is 4.19. The average Bonchev–Trinajstić information content (AvgIpc) is 3.15. The van der Waals surface area contributed by atoms with E-state index in [1.54, 1.807) is 30.3 Å². The predicted molar refractivity (Wildman–Crippen MR) is 98.0 cm³/mol. The van der Waals surface area contributed by atoms with Crippen LogP contribution in [0.15, 0.2) is 48.5 Å². The second-order valence-corrected chi connectivity index (χ2v) is 6.20. The Balaban J connectivity index is 1.43. The molecule has 3 rings (SSSR count). The van der Waals surface area contributed by atoms with Crippen LogP contribution in [0.4, 0.5) is 14.9 Å². The molecule has 5 nitrogen and oxygen atoms in total. The topological polar surface area (TPSA) is 59.6 Å². The van der Waals surface area contributed by atoms with Gasteiger partial charge in [-0.3, -0.25) is 0 Å². The number of nitrogens with one attached hydrogen (secondary N) is 2. The zero-order chi connectivity index (χ0) is 18.2. The number of rotatable bonds is 7. The lowest BCUT2D eigenvalue weighted by atomic mass is 10.1. The molecular weight excluding hydrogens is 335 g/mol. The van der Waals surface area contributed by atoms with Crippen LogP contribution in [-0.2, 0) is 11.2 Å². The van der Waals surface area contributed by atoms with Crippen molar-refractivity contribution in [3.05, 3.63) is 59.9 Å². The minimum absolute atomic E-state index is 0.147. The lowest BCUT2D eigenvalue weighted by molar-refractivity contribution is 0.0680. The first-order chi connectivity index (χ1) is 12.7. The first-order valence-corrected chi connectivity index (χ1v) is 8.83. The van der Waals surface area contributed by atoms with Crippen LogP contribution in [0.5, 0.6) is 5.75 Å². The summed E-state index contributed by atoms with van der Waals surface area (Å²) in [5.74, 6) is 0.426. The summed E-state index contributed by atoms with van der Waals surface area (Å²) in [7, 11) is 0. The van der Waals surface area contributed by atoms with E-state index in [9.17, 15) is 9.18 Å². The lowest BCUT2D eigenvalue weighted by Gasteiger charge is -2.13. The number of hydrogen-bond donors (Lipinski definition) is 2. The fourth-order valence-corrected chi connectivity index (χ4v) is 2.82. The van der Waals surface area contributed by atoms with Gasteiger partial charge in [0.1, 0.15) is 18.2 Å². The summed E-state index contributed by atoms with van der Waals surface area (Å²) in [4.78, 5) is 12.0. The van der Waals surface area contributed by atoms with E-state index in [2.05, 4.69) is 10.6 Å². The molecule has 0 saturated carbocycles. The third kappa shape index (κ3) is 5.46. The molecule has 1 atom stereocenters. The molecule has 1 heterocycles. The predicted octanol–water partition coefficient (Wildman–Crippen LogP) is 3.75. The molecule has 2 N–H and O–H groups in total. The minimum atomic E-state index is -0.336. The fraction of sp³-hybridized carbons (Fsp3) is 0.350. The molecule has 1 fully saturated rings. The molecule has 2 aromatic rings. The van der Waals surface area contributed by atoms with Gasteiger partial charge in [0.25, 0.3) is 0 Å². The summed E-state index contributed by atoms with van der Waals surface area (Å²) in [6.45, 7) is 1.66. The summed E-state index contributed by atoms with van der Waals surface area (Å²) < 4.78 is 24.8. The van der Waals surface area contributed by atoms with Gasteiger partial charge in [0.15, 0.2) is 0 Å². The number of ether oxygens (including phenoxy) is 2. The molecule has 6 heteroatoms. The fourth-order valence-electron chi connectivity index (χ4n) is 2.82. The second-order valence-electron chi connectivity index (χ2n) is 6.20. The number of anilines is 1. The van der Waals surface area contributed by atoms with E-state index in [0.717, 1.165) is 19.4 Å². The summed E-state index contributed by atoms with van der Waals surface area (Å²) in [6.07, 6.45) is 2.67. The Morgan fingerprint density at radius 3 is 2.92 bits per heavy atom. The van der Waals surface area contributed by atoms with Gasteiger partial charge in [0.05, 0.1) is 6.10 Å². The van der Waals surface area contributed by atoms with Crippen molar-refractivity contribution in [2.45, 2.75) is 25.4 Å². The van der Waals surface area contributed by atoms with Gasteiger partial charge in [-0.2, -0.15) is 0 Å². The Morgan fingerprint density at radius 1 is 1.23 bits per heavy atom. The van der Waals surface area contributed by atoms with E-state index >= 15 is 0 Å². The highest BCUT2D eigenvalue weighted by atomic mass is 19.1. The smallest absolute Gasteiger partial charge is 0.319 e. The molecule has 138 valence electrons. The highest BCUT2D eigenvalue weighted by molar-refractivity contribution is 5.89. The Morgan fingerprint density at radius 2 is 2.12 bits per heavy atom. The van der Waals surface area contributed by atoms with Crippen LogP contribution in [0.1, 0.15) is 18.4 Å². The standard InChI is InChI=1S/C20H23FN2O3/c21-19-9-2-1-5-15(19)10-11-22-20(24)23-16-6-3-7-17(13-16)26-14-18-8-4-12-25-18/h1-3,5-7,9,13,18H,4,8,10-12,14H2,(H2,22,23,24). The molecule has 1 aliphatic rings. The highest BCUT2D eigenvalue weighted by Crippen LogP contribution is 2.19. The van der Waals surface area contributed by atoms with E-state index in [1.165, 1.54) is 6.07 Å². The van der Waals surface area contributed by atoms with E-state index in [4.69, 9.17) is 9.47 Å². The maximum atomic E-state index is 13.5. The zero-order valence-corrected chi connectivity index (χ0v) is 14.5. The van der Waals surface area contributed by atoms with Crippen molar-refractivity contribution >= 4 is 11.7 Å². The van der Waals surface area contributed by atoms with Crippen molar-refractivity contribution in [3.8, 4) is 5.75 Å². The quantitative estimate of drug-likeness (QED) is 0.792. The number of carbonyl (C=O) groups is 1. The van der Waals surface area contributed by atoms with Crippen LogP contribution in [0.25, 0.3) is 0 Å². The molecule has 1 saturated heterocycles. The maximum absolute atomic E-state index is 13.5. The Labute approximate surface area is 152 Å². The van der Waals surface area contributed by atoms with E-state index in [1.807, 2.05) is 12.1 Å². The van der Waals surface area contributed by atoms with Crippen molar-refractivity contribution in [1.82, 2.24) is 5.32 Å². The second kappa shape index (κ2) is 9.20. The minimum Gasteiger partial charge on any atom is -0.491 e. The van der Waals surface area contributed by atoms with E-state index in [0.29, 0.717) is 36.6 Å². The van der Waals surface area contributed by atoms with Crippen LogP contribution in [0.3, 0.4) is 0 Å². The molecule has 1 unspecified atom stereocenters. The summed E-state index contributed by atoms with van der Waals surface area (Å²) in [5.41, 5.74) is 1.22. The zero-order valence-electron chi connectivity index (χ0n) is 14.5. The van der Waals surface area contributed by atoms with Gasteiger partial charge >= 0.3 is 6.03 Å². The number of urea groups is 1. The normalized spacial score (nSPS) is 16.3. The van der Waals surface area contributed by atoms with Crippen LogP contribution >= 0.6 is 0 Å². The van der Waals surface area contributed by atoms with Crippen LogP contribution < -0.4 is 15.4 Å². The molecule has 0 bridgehead atoms. The van der Waals surface area contributed by atoms with Crippen LogP contribution in [-0.4, -0.2) is 31.9 Å². The van der Waals surface area contributed by atoms with Gasteiger partial charge < -0.3 is 20.1 Å². The highest BCUT2D eigenvalue weighted by Gasteiger charge is 2.16. The molecule has 0 aliphatic carbocycles. The van der Waals surface area contributed by atoms with Crippen molar-refractivity contribution < 1.29 is 18.7 Å². The van der Waals surface area contributed by atoms with Crippen LogP contribution in [0.2, 0.25) is 0 Å². The molecule has 26 heavy (non-hydrogen) atoms. The number of carbonyl (C=O) groups excluding carboxylic acids is 1. The van der Waals surface area contributed by atoms with Gasteiger partial charge in [-0.25, -0.2) is 9.18 Å². The molecule has 2 amide bonds. The first-order valence-electron chi connectivity index (χ1n) is 8.83. The maximum Gasteiger partial charge on any atom is 0.319 e. The molecule has 0 radical (unpaired) electrons. The SMILES string of the molecule is O=C(NCCc1ccccc1F)Nc1cccc(OCC2CCCO2)c1. The molecular formula is C20H23FN2O3. The number of benzene rings is 2. The van der Waals surface area contributed by atoms with E-state index in [-0.39, 0.29) is 18.0 Å². The van der Waals surface area contributed by atoms with Gasteiger partial charge in [0.2, 0.25) is 0 Å². The molecule has 0 aromatic heterocycles. The number of hydrogen-bond acceptors (Lipinski definition) is 3. The van der Waals surface area contributed by atoms with E-state index < -0.39 is 0 Å². The van der Waals surface area contributed by atoms with Crippen molar-refractivity contribution in [1.29, 1.82) is 0 Å². The Kier molecular flexibility index (Phi) is 6.44. The van der Waals surface area contributed by atoms with Crippen molar-refractivity contribution in [2.75, 3.05) is 25.1 Å². The molecule has 1 aliphatic heterocycles. The van der Waals surface area contributed by atoms with Gasteiger partial charge in [-0.1, -0.05) is 24.3 Å². The third-order valence-corrected chi connectivity index (χ3v) is 4.19. The molecule has 2 aromatic carbocycles. The number of amides is 2. The summed E-state index contributed by atoms with van der Waals surface area (Å²) >= 11 is 0. The first kappa shape index (κ1) is 18.2. The molecule has 0 spiro atoms. The summed E-state index contributed by atoms with van der Waals surface area (Å²) in [5, 5.41) is 5.48. The van der Waals surface area contributed by atoms with Gasteiger partial charge in [-0.05, 0) is 43.0 Å². The Hall–Kier alpha value is -2.60. The van der Waals surface area contributed by atoms with Crippen molar-refractivity contribution in [3.63, 3.8) is 0 Å². The van der Waals surface area contributed by atoms with Crippen molar-refractivity contribution in [2.24, 2.45) is 0 Å². The van der Waals surface area contributed by atoms with Gasteiger partial charge in [-0.15, -0.1) is 0 Å². The lowest BCUT2D eigenvalue weighted by Crippen LogP contribution is -2.30. The summed E-state index contributed by atoms with van der Waals surface area (Å²) in [6, 6.07) is 13.4. The number of halogens is 1. The van der Waals surface area contributed by atoms with Gasteiger partial charge in [0, 0.05) is 24.9 Å². The Bertz CT molecular complexity index is 733. The monoisotopic (exact) mass is 358 g/mol. The van der Waals surface area contributed by atoms with Crippen LogP contribution in [0, 0.1) is 5.82 Å². The largest absolute Gasteiger partial charge is 0.491 e. The average molecular weight is 358 g/mol.